The summed E-state index contributed by atoms with van der Waals surface area (Å²) < 4.78 is 19.3. The SMILES string of the molecule is Cc1[nH]c2ccccc2c1C(=O)CSc1nnc(-c2ccccc2F)o1. The number of carbonyl (C=O) groups is 1. The van der Waals surface area contributed by atoms with Crippen LogP contribution in [-0.2, 0) is 0 Å². The Morgan fingerprint density at radius 1 is 1.15 bits per heavy atom. The van der Waals surface area contributed by atoms with Gasteiger partial charge in [-0.3, -0.25) is 4.79 Å². The molecule has 0 saturated carbocycles. The van der Waals surface area contributed by atoms with Gasteiger partial charge in [-0.1, -0.05) is 42.1 Å². The van der Waals surface area contributed by atoms with Gasteiger partial charge in [0.25, 0.3) is 11.1 Å². The van der Waals surface area contributed by atoms with Crippen LogP contribution in [0, 0.1) is 12.7 Å². The van der Waals surface area contributed by atoms with Crippen molar-refractivity contribution in [3.8, 4) is 11.5 Å². The summed E-state index contributed by atoms with van der Waals surface area (Å²) >= 11 is 1.14. The molecule has 1 N–H and O–H groups in total. The Kier molecular flexibility index (Phi) is 4.30. The van der Waals surface area contributed by atoms with E-state index in [1.54, 1.807) is 18.2 Å². The molecule has 4 aromatic rings. The van der Waals surface area contributed by atoms with Gasteiger partial charge in [-0.25, -0.2) is 4.39 Å². The van der Waals surface area contributed by atoms with Gasteiger partial charge < -0.3 is 9.40 Å². The van der Waals surface area contributed by atoms with E-state index in [0.29, 0.717) is 5.56 Å². The first-order chi connectivity index (χ1) is 12.6. The number of para-hydroxylation sites is 1. The molecule has 2 aromatic heterocycles. The fraction of sp³-hybridized carbons (Fsp3) is 0.105. The summed E-state index contributed by atoms with van der Waals surface area (Å²) in [4.78, 5) is 15.9. The Balaban J connectivity index is 1.52. The lowest BCUT2D eigenvalue weighted by Gasteiger charge is -1.99. The topological polar surface area (TPSA) is 71.8 Å². The molecule has 2 heterocycles. The number of benzene rings is 2. The van der Waals surface area contributed by atoms with E-state index in [4.69, 9.17) is 4.42 Å². The number of aryl methyl sites for hydroxylation is 1. The fourth-order valence-electron chi connectivity index (χ4n) is 2.85. The van der Waals surface area contributed by atoms with Crippen molar-refractivity contribution >= 4 is 28.4 Å². The largest absolute Gasteiger partial charge is 0.411 e. The van der Waals surface area contributed by atoms with Crippen LogP contribution in [0.3, 0.4) is 0 Å². The maximum atomic E-state index is 13.8. The van der Waals surface area contributed by atoms with Crippen LogP contribution in [0.25, 0.3) is 22.4 Å². The second-order valence-corrected chi connectivity index (χ2v) is 6.66. The molecule has 7 heteroatoms. The van der Waals surface area contributed by atoms with Crippen molar-refractivity contribution in [3.05, 3.63) is 65.6 Å². The van der Waals surface area contributed by atoms with E-state index in [0.717, 1.165) is 28.4 Å². The molecule has 0 spiro atoms. The fourth-order valence-corrected chi connectivity index (χ4v) is 3.48. The van der Waals surface area contributed by atoms with E-state index in [-0.39, 0.29) is 28.2 Å². The normalized spacial score (nSPS) is 11.2. The van der Waals surface area contributed by atoms with Crippen molar-refractivity contribution in [2.24, 2.45) is 0 Å². The van der Waals surface area contributed by atoms with Crippen molar-refractivity contribution < 1.29 is 13.6 Å². The molecule has 130 valence electrons. The zero-order chi connectivity index (χ0) is 18.1. The van der Waals surface area contributed by atoms with Crippen LogP contribution in [-0.4, -0.2) is 26.7 Å². The molecule has 0 aliphatic heterocycles. The Bertz CT molecular complexity index is 1100. The highest BCUT2D eigenvalue weighted by atomic mass is 32.2. The highest BCUT2D eigenvalue weighted by molar-refractivity contribution is 7.99. The lowest BCUT2D eigenvalue weighted by molar-refractivity contribution is 0.102. The second kappa shape index (κ2) is 6.76. The van der Waals surface area contributed by atoms with Gasteiger partial charge in [-0.05, 0) is 25.1 Å². The smallest absolute Gasteiger partial charge is 0.277 e. The van der Waals surface area contributed by atoms with Crippen molar-refractivity contribution in [2.75, 3.05) is 5.75 Å². The second-order valence-electron chi connectivity index (χ2n) is 5.74. The quantitative estimate of drug-likeness (QED) is 0.411. The maximum absolute atomic E-state index is 13.8. The number of aromatic nitrogens is 3. The number of hydrogen-bond acceptors (Lipinski definition) is 5. The molecule has 2 aromatic carbocycles. The predicted octanol–water partition coefficient (Wildman–Crippen LogP) is 4.64. The van der Waals surface area contributed by atoms with Crippen molar-refractivity contribution in [3.63, 3.8) is 0 Å². The molecule has 26 heavy (non-hydrogen) atoms. The number of halogens is 1. The number of H-pyrrole nitrogens is 1. The average Bonchev–Trinajstić information content (AvgIpc) is 3.23. The Hall–Kier alpha value is -2.93. The van der Waals surface area contributed by atoms with Gasteiger partial charge >= 0.3 is 0 Å². The monoisotopic (exact) mass is 367 g/mol. The van der Waals surface area contributed by atoms with Gasteiger partial charge in [0.2, 0.25) is 0 Å². The van der Waals surface area contributed by atoms with Gasteiger partial charge in [0, 0.05) is 22.2 Å². The number of aromatic amines is 1. The lowest BCUT2D eigenvalue weighted by Crippen LogP contribution is -2.03. The Morgan fingerprint density at radius 2 is 1.92 bits per heavy atom. The zero-order valence-electron chi connectivity index (χ0n) is 13.8. The molecular weight excluding hydrogens is 353 g/mol. The summed E-state index contributed by atoms with van der Waals surface area (Å²) in [5, 5.41) is 8.88. The molecule has 0 aliphatic rings. The maximum Gasteiger partial charge on any atom is 0.277 e. The highest BCUT2D eigenvalue weighted by Crippen LogP contribution is 2.27. The third-order valence-corrected chi connectivity index (χ3v) is 4.83. The number of Topliss-reactive ketones (excluding diaryl/α,β-unsaturated/α-hetero) is 1. The number of fused-ring (bicyclic) bond motifs is 1. The van der Waals surface area contributed by atoms with Crippen LogP contribution in [0.15, 0.2) is 58.2 Å². The van der Waals surface area contributed by atoms with Crippen LogP contribution in [0.4, 0.5) is 4.39 Å². The molecule has 0 unspecified atom stereocenters. The van der Waals surface area contributed by atoms with E-state index >= 15 is 0 Å². The number of hydrogen-bond donors (Lipinski definition) is 1. The first-order valence-electron chi connectivity index (χ1n) is 7.95. The molecule has 0 saturated heterocycles. The zero-order valence-corrected chi connectivity index (χ0v) is 14.6. The van der Waals surface area contributed by atoms with Gasteiger partial charge in [0.05, 0.1) is 11.3 Å². The average molecular weight is 367 g/mol. The summed E-state index contributed by atoms with van der Waals surface area (Å²) in [6.45, 7) is 1.88. The summed E-state index contributed by atoms with van der Waals surface area (Å²) in [7, 11) is 0. The number of thioether (sulfide) groups is 1. The van der Waals surface area contributed by atoms with Crippen LogP contribution in [0.1, 0.15) is 16.1 Å². The van der Waals surface area contributed by atoms with Crippen LogP contribution >= 0.6 is 11.8 Å². The molecule has 0 radical (unpaired) electrons. The number of carbonyl (C=O) groups excluding carboxylic acids is 1. The van der Waals surface area contributed by atoms with Crippen LogP contribution in [0.2, 0.25) is 0 Å². The molecule has 0 aliphatic carbocycles. The first kappa shape index (κ1) is 16.5. The first-order valence-corrected chi connectivity index (χ1v) is 8.94. The highest BCUT2D eigenvalue weighted by Gasteiger charge is 2.18. The standard InChI is InChI=1S/C19H14FN3O2S/c1-11-17(13-7-3-5-9-15(13)21-11)16(24)10-26-19-23-22-18(25-19)12-6-2-4-8-14(12)20/h2-9,21H,10H2,1H3. The summed E-state index contributed by atoms with van der Waals surface area (Å²) in [6, 6.07) is 13.9. The van der Waals surface area contributed by atoms with Crippen LogP contribution in [0.5, 0.6) is 0 Å². The van der Waals surface area contributed by atoms with E-state index in [9.17, 15) is 9.18 Å². The van der Waals surface area contributed by atoms with E-state index < -0.39 is 5.82 Å². The summed E-state index contributed by atoms with van der Waals surface area (Å²) in [6.07, 6.45) is 0. The third kappa shape index (κ3) is 3.01. The Morgan fingerprint density at radius 3 is 2.77 bits per heavy atom. The molecule has 0 fully saturated rings. The number of rotatable bonds is 5. The predicted molar refractivity (Wildman–Crippen MR) is 97.8 cm³/mol. The van der Waals surface area contributed by atoms with Gasteiger partial charge in [-0.2, -0.15) is 0 Å². The molecule has 4 rings (SSSR count). The molecular formula is C19H14FN3O2S. The minimum atomic E-state index is -0.432. The van der Waals surface area contributed by atoms with Crippen molar-refractivity contribution in [2.45, 2.75) is 12.1 Å². The van der Waals surface area contributed by atoms with Crippen molar-refractivity contribution in [1.29, 1.82) is 0 Å². The molecule has 5 nitrogen and oxygen atoms in total. The van der Waals surface area contributed by atoms with Gasteiger partial charge in [-0.15, -0.1) is 10.2 Å². The number of ketones is 1. The van der Waals surface area contributed by atoms with Gasteiger partial charge in [0.1, 0.15) is 5.82 Å². The Labute approximate surface area is 152 Å². The van der Waals surface area contributed by atoms with Crippen LogP contribution < -0.4 is 0 Å². The van der Waals surface area contributed by atoms with E-state index in [1.807, 2.05) is 31.2 Å². The van der Waals surface area contributed by atoms with E-state index in [1.165, 1.54) is 6.07 Å². The summed E-state index contributed by atoms with van der Waals surface area (Å²) in [5.74, 6) is -0.211. The molecule has 0 bridgehead atoms. The summed E-state index contributed by atoms with van der Waals surface area (Å²) in [5.41, 5.74) is 2.67. The molecule has 0 atom stereocenters. The minimum absolute atomic E-state index is 0.0319. The van der Waals surface area contributed by atoms with E-state index in [2.05, 4.69) is 15.2 Å². The number of nitrogens with one attached hydrogen (secondary N) is 1. The minimum Gasteiger partial charge on any atom is -0.411 e. The van der Waals surface area contributed by atoms with Gasteiger partial charge in [0.15, 0.2) is 5.78 Å². The third-order valence-electron chi connectivity index (χ3n) is 4.01. The number of nitrogens with zero attached hydrogens (tertiary/aromatic N) is 2. The van der Waals surface area contributed by atoms with Crippen molar-refractivity contribution in [1.82, 2.24) is 15.2 Å². The lowest BCUT2D eigenvalue weighted by atomic mass is 10.1. The molecule has 0 amide bonds.